The average Bonchev–Trinajstić information content (AvgIpc) is 3.03. The summed E-state index contributed by atoms with van der Waals surface area (Å²) in [7, 11) is 0. The lowest BCUT2D eigenvalue weighted by atomic mass is 10.2. The number of aromatic nitrogens is 2. The Morgan fingerprint density at radius 3 is 2.80 bits per heavy atom. The maximum Gasteiger partial charge on any atom is 0.416 e. The van der Waals surface area contributed by atoms with Crippen molar-refractivity contribution >= 4 is 26.7 Å². The minimum absolute atomic E-state index is 0.326. The maximum atomic E-state index is 12.6. The lowest BCUT2D eigenvalue weighted by Gasteiger charge is -2.04. The Hall–Kier alpha value is -2.09. The zero-order valence-corrected chi connectivity index (χ0v) is 10.8. The summed E-state index contributed by atoms with van der Waals surface area (Å²) in [6.45, 7) is 0.405. The number of hydrogen-bond acceptors (Lipinski definition) is 5. The fourth-order valence-electron chi connectivity index (χ4n) is 1.67. The van der Waals surface area contributed by atoms with Crippen molar-refractivity contribution in [1.29, 1.82) is 0 Å². The molecule has 2 aromatic heterocycles. The van der Waals surface area contributed by atoms with E-state index in [0.717, 1.165) is 12.1 Å². The molecular formula is C12H8F3N3OS. The van der Waals surface area contributed by atoms with Gasteiger partial charge in [0.25, 0.3) is 0 Å². The van der Waals surface area contributed by atoms with E-state index in [1.54, 1.807) is 6.07 Å². The summed E-state index contributed by atoms with van der Waals surface area (Å²) < 4.78 is 43.2. The quantitative estimate of drug-likeness (QED) is 0.796. The number of fused-ring (bicyclic) bond motifs is 1. The first-order valence-electron chi connectivity index (χ1n) is 5.63. The van der Waals surface area contributed by atoms with Crippen molar-refractivity contribution in [3.63, 3.8) is 0 Å². The van der Waals surface area contributed by atoms with Crippen LogP contribution in [-0.2, 0) is 12.7 Å². The van der Waals surface area contributed by atoms with Crippen LogP contribution in [0, 0.1) is 0 Å². The van der Waals surface area contributed by atoms with E-state index in [1.165, 1.54) is 23.7 Å². The molecule has 0 amide bonds. The molecule has 0 bridgehead atoms. The first-order chi connectivity index (χ1) is 9.52. The molecule has 0 aliphatic rings. The summed E-state index contributed by atoms with van der Waals surface area (Å²) in [6.07, 6.45) is -2.91. The molecule has 0 aliphatic carbocycles. The summed E-state index contributed by atoms with van der Waals surface area (Å²) in [5.74, 6) is 0. The van der Waals surface area contributed by atoms with E-state index in [4.69, 9.17) is 0 Å². The minimum atomic E-state index is -4.36. The predicted molar refractivity (Wildman–Crippen MR) is 68.5 cm³/mol. The largest absolute Gasteiger partial charge is 0.416 e. The van der Waals surface area contributed by atoms with Crippen LogP contribution in [0.2, 0.25) is 0 Å². The van der Waals surface area contributed by atoms with E-state index in [-0.39, 0.29) is 0 Å². The van der Waals surface area contributed by atoms with Gasteiger partial charge in [-0.05, 0) is 18.2 Å². The first-order valence-corrected chi connectivity index (χ1v) is 6.45. The van der Waals surface area contributed by atoms with Gasteiger partial charge in [-0.3, -0.25) is 0 Å². The molecule has 2 heterocycles. The summed E-state index contributed by atoms with van der Waals surface area (Å²) in [5.41, 5.74) is 0.325. The first kappa shape index (κ1) is 12.9. The molecule has 1 aromatic carbocycles. The summed E-state index contributed by atoms with van der Waals surface area (Å²) in [6, 6.07) is 5.23. The van der Waals surface area contributed by atoms with Crippen LogP contribution in [0.15, 0.2) is 35.1 Å². The summed E-state index contributed by atoms with van der Waals surface area (Å²) >= 11 is 1.29. The smallest absolute Gasteiger partial charge is 0.364 e. The number of halogens is 3. The number of nitrogens with zero attached hydrogens (tertiary/aromatic N) is 2. The van der Waals surface area contributed by atoms with Gasteiger partial charge in [0.15, 0.2) is 5.13 Å². The molecular weight excluding hydrogens is 291 g/mol. The highest BCUT2D eigenvalue weighted by molar-refractivity contribution is 7.22. The zero-order chi connectivity index (χ0) is 14.2. The molecule has 1 N–H and O–H groups in total. The third kappa shape index (κ3) is 2.60. The van der Waals surface area contributed by atoms with E-state index >= 15 is 0 Å². The van der Waals surface area contributed by atoms with Crippen LogP contribution in [0.4, 0.5) is 18.3 Å². The van der Waals surface area contributed by atoms with Gasteiger partial charge in [0.05, 0.1) is 22.3 Å². The van der Waals surface area contributed by atoms with Crippen molar-refractivity contribution in [1.82, 2.24) is 10.1 Å². The van der Waals surface area contributed by atoms with Crippen LogP contribution in [0.3, 0.4) is 0 Å². The number of nitrogens with one attached hydrogen (secondary N) is 1. The van der Waals surface area contributed by atoms with Crippen molar-refractivity contribution in [2.24, 2.45) is 0 Å². The van der Waals surface area contributed by atoms with Crippen LogP contribution in [0.1, 0.15) is 11.3 Å². The number of alkyl halides is 3. The molecule has 0 radical (unpaired) electrons. The fraction of sp³-hybridized carbons (Fsp3) is 0.167. The van der Waals surface area contributed by atoms with Crippen LogP contribution in [0.5, 0.6) is 0 Å². The van der Waals surface area contributed by atoms with Gasteiger partial charge in [0, 0.05) is 6.07 Å². The lowest BCUT2D eigenvalue weighted by molar-refractivity contribution is -0.137. The summed E-state index contributed by atoms with van der Waals surface area (Å²) in [4.78, 5) is 4.14. The molecule has 0 spiro atoms. The molecule has 0 saturated heterocycles. The van der Waals surface area contributed by atoms with Crippen molar-refractivity contribution in [2.75, 3.05) is 5.32 Å². The standard InChI is InChI=1S/C12H8F3N3OS/c13-12(14,15)7-1-2-10-9(5-7)17-11(20-10)16-6-8-3-4-19-18-8/h1-5H,6H2,(H,16,17). The molecule has 0 unspecified atom stereocenters. The van der Waals surface area contributed by atoms with Gasteiger partial charge < -0.3 is 9.84 Å². The van der Waals surface area contributed by atoms with E-state index in [0.29, 0.717) is 27.6 Å². The predicted octanol–water partition coefficient (Wildman–Crippen LogP) is 3.92. The maximum absolute atomic E-state index is 12.6. The van der Waals surface area contributed by atoms with Gasteiger partial charge in [-0.2, -0.15) is 13.2 Å². The summed E-state index contributed by atoms with van der Waals surface area (Å²) in [5, 5.41) is 7.26. The average molecular weight is 299 g/mol. The van der Waals surface area contributed by atoms with Crippen LogP contribution in [0.25, 0.3) is 10.2 Å². The van der Waals surface area contributed by atoms with Crippen molar-refractivity contribution < 1.29 is 17.7 Å². The van der Waals surface area contributed by atoms with Gasteiger partial charge in [0.2, 0.25) is 0 Å². The molecule has 0 saturated carbocycles. The number of benzene rings is 1. The molecule has 20 heavy (non-hydrogen) atoms. The van der Waals surface area contributed by atoms with Crippen molar-refractivity contribution in [3.05, 3.63) is 41.8 Å². The van der Waals surface area contributed by atoms with Gasteiger partial charge >= 0.3 is 6.18 Å². The van der Waals surface area contributed by atoms with Crippen LogP contribution < -0.4 is 5.32 Å². The van der Waals surface area contributed by atoms with Gasteiger partial charge in [-0.1, -0.05) is 16.5 Å². The fourth-order valence-corrected chi connectivity index (χ4v) is 2.52. The Balaban J connectivity index is 1.83. The Labute approximate surface area is 115 Å². The molecule has 0 aliphatic heterocycles. The highest BCUT2D eigenvalue weighted by atomic mass is 32.1. The highest BCUT2D eigenvalue weighted by Gasteiger charge is 2.30. The van der Waals surface area contributed by atoms with E-state index in [2.05, 4.69) is 20.0 Å². The molecule has 3 rings (SSSR count). The normalized spacial score (nSPS) is 11.9. The molecule has 0 atom stereocenters. The Morgan fingerprint density at radius 1 is 1.25 bits per heavy atom. The Morgan fingerprint density at radius 2 is 2.10 bits per heavy atom. The molecule has 0 fully saturated rings. The minimum Gasteiger partial charge on any atom is -0.364 e. The van der Waals surface area contributed by atoms with Crippen LogP contribution >= 0.6 is 11.3 Å². The lowest BCUT2D eigenvalue weighted by Crippen LogP contribution is -2.04. The Kier molecular flexibility index (Phi) is 3.09. The zero-order valence-electron chi connectivity index (χ0n) is 9.94. The third-order valence-electron chi connectivity index (χ3n) is 2.63. The Bertz CT molecular complexity index is 721. The second-order valence-corrected chi connectivity index (χ2v) is 5.07. The third-order valence-corrected chi connectivity index (χ3v) is 3.62. The second kappa shape index (κ2) is 4.78. The molecule has 3 aromatic rings. The monoisotopic (exact) mass is 299 g/mol. The van der Waals surface area contributed by atoms with E-state index in [9.17, 15) is 13.2 Å². The molecule has 8 heteroatoms. The topological polar surface area (TPSA) is 51.0 Å². The van der Waals surface area contributed by atoms with Crippen molar-refractivity contribution in [3.8, 4) is 0 Å². The van der Waals surface area contributed by atoms with Gasteiger partial charge in [-0.25, -0.2) is 4.98 Å². The van der Waals surface area contributed by atoms with Gasteiger partial charge in [-0.15, -0.1) is 0 Å². The van der Waals surface area contributed by atoms with E-state index in [1.807, 2.05) is 0 Å². The van der Waals surface area contributed by atoms with Crippen LogP contribution in [-0.4, -0.2) is 10.1 Å². The second-order valence-electron chi connectivity index (χ2n) is 4.04. The number of anilines is 1. The molecule has 104 valence electrons. The highest BCUT2D eigenvalue weighted by Crippen LogP contribution is 2.34. The van der Waals surface area contributed by atoms with Gasteiger partial charge in [0.1, 0.15) is 12.0 Å². The molecule has 4 nitrogen and oxygen atoms in total. The number of hydrogen-bond donors (Lipinski definition) is 1. The number of rotatable bonds is 3. The number of thiazole rings is 1. The van der Waals surface area contributed by atoms with E-state index < -0.39 is 11.7 Å². The SMILES string of the molecule is FC(F)(F)c1ccc2sc(NCc3ccon3)nc2c1. The van der Waals surface area contributed by atoms with Crippen molar-refractivity contribution in [2.45, 2.75) is 12.7 Å².